The van der Waals surface area contributed by atoms with Gasteiger partial charge in [0.25, 0.3) is 0 Å². The summed E-state index contributed by atoms with van der Waals surface area (Å²) in [6.45, 7) is 9.12. The molecule has 0 unspecified atom stereocenters. The zero-order chi connectivity index (χ0) is 7.28. The molecule has 0 aliphatic rings. The van der Waals surface area contributed by atoms with Gasteiger partial charge in [0, 0.05) is 13.3 Å². The Labute approximate surface area is 56.0 Å². The van der Waals surface area contributed by atoms with Crippen LogP contribution in [0, 0.1) is 0 Å². The number of aliphatic imine (C=N–C) groups is 1. The van der Waals surface area contributed by atoms with Crippen LogP contribution in [0.3, 0.4) is 0 Å². The van der Waals surface area contributed by atoms with Crippen LogP contribution in [-0.4, -0.2) is 13.3 Å². The van der Waals surface area contributed by atoms with Gasteiger partial charge < -0.3 is 5.32 Å². The van der Waals surface area contributed by atoms with Crippen LogP contribution < -0.4 is 5.32 Å². The lowest BCUT2D eigenvalue weighted by atomic mass is 10.4. The number of nitrogens with one attached hydrogen (secondary N) is 1. The summed E-state index contributed by atoms with van der Waals surface area (Å²) in [5.74, 6) is 0.651. The predicted octanol–water partition coefficient (Wildman–Crippen LogP) is 1.32. The van der Waals surface area contributed by atoms with Crippen molar-refractivity contribution in [3.63, 3.8) is 0 Å². The van der Waals surface area contributed by atoms with Crippen molar-refractivity contribution in [3.05, 3.63) is 24.6 Å². The number of nitrogens with zero attached hydrogens (tertiary/aromatic N) is 1. The topological polar surface area (TPSA) is 24.4 Å². The molecule has 0 aliphatic carbocycles. The molecule has 0 spiro atoms. The molecular weight excluding hydrogens is 112 g/mol. The third-order valence-corrected chi connectivity index (χ3v) is 0.729. The minimum Gasteiger partial charge on any atom is -0.374 e. The molecule has 0 saturated carbocycles. The second-order valence-electron chi connectivity index (χ2n) is 1.80. The summed E-state index contributed by atoms with van der Waals surface area (Å²) in [7, 11) is 1.78. The molecule has 0 aromatic rings. The molecule has 50 valence electrons. The molecule has 2 nitrogen and oxygen atoms in total. The van der Waals surface area contributed by atoms with Crippen molar-refractivity contribution in [2.45, 2.75) is 6.92 Å². The third kappa shape index (κ3) is 4.81. The Morgan fingerprint density at radius 1 is 1.56 bits per heavy atom. The van der Waals surface area contributed by atoms with Crippen LogP contribution in [0.4, 0.5) is 0 Å². The Bertz CT molecular complexity index is 145. The van der Waals surface area contributed by atoms with E-state index >= 15 is 0 Å². The van der Waals surface area contributed by atoms with Gasteiger partial charge in [-0.25, -0.2) is 4.99 Å². The second kappa shape index (κ2) is 3.89. The van der Waals surface area contributed by atoms with E-state index in [4.69, 9.17) is 0 Å². The zero-order valence-electron chi connectivity index (χ0n) is 5.94. The van der Waals surface area contributed by atoms with Crippen molar-refractivity contribution in [2.24, 2.45) is 4.99 Å². The highest BCUT2D eigenvalue weighted by molar-refractivity contribution is 5.77. The monoisotopic (exact) mass is 124 g/mol. The maximum Gasteiger partial charge on any atom is 0.118 e. The van der Waals surface area contributed by atoms with Gasteiger partial charge in [0.15, 0.2) is 0 Å². The first-order chi connectivity index (χ1) is 4.16. The Morgan fingerprint density at radius 2 is 2.11 bits per heavy atom. The lowest BCUT2D eigenvalue weighted by molar-refractivity contribution is 0.976. The molecule has 0 aromatic heterocycles. The van der Waals surface area contributed by atoms with E-state index in [-0.39, 0.29) is 0 Å². The Balaban J connectivity index is 3.71. The normalized spacial score (nSPS) is 9.56. The fourth-order valence-corrected chi connectivity index (χ4v) is 0.253. The fraction of sp³-hybridized carbons (Fsp3) is 0.286. The van der Waals surface area contributed by atoms with Crippen molar-refractivity contribution in [1.82, 2.24) is 5.32 Å². The number of hydrogen-bond donors (Lipinski definition) is 1. The van der Waals surface area contributed by atoms with Gasteiger partial charge in [-0.2, -0.15) is 0 Å². The van der Waals surface area contributed by atoms with E-state index in [1.165, 1.54) is 0 Å². The summed E-state index contributed by atoms with van der Waals surface area (Å²) in [6.07, 6.45) is 1.67. The van der Waals surface area contributed by atoms with Crippen LogP contribution in [0.25, 0.3) is 0 Å². The van der Waals surface area contributed by atoms with Gasteiger partial charge in [0.1, 0.15) is 5.82 Å². The smallest absolute Gasteiger partial charge is 0.118 e. The van der Waals surface area contributed by atoms with Gasteiger partial charge in [0.2, 0.25) is 0 Å². The van der Waals surface area contributed by atoms with Gasteiger partial charge in [-0.05, 0) is 12.5 Å². The van der Waals surface area contributed by atoms with E-state index in [1.54, 1.807) is 13.3 Å². The van der Waals surface area contributed by atoms with Gasteiger partial charge in [-0.1, -0.05) is 13.2 Å². The summed E-state index contributed by atoms with van der Waals surface area (Å²) < 4.78 is 0. The molecule has 0 fully saturated rings. The van der Waals surface area contributed by atoms with Crippen molar-refractivity contribution in [1.29, 1.82) is 0 Å². The molecule has 2 heteroatoms. The lowest BCUT2D eigenvalue weighted by Crippen LogP contribution is -2.01. The van der Waals surface area contributed by atoms with E-state index in [0.717, 1.165) is 5.57 Å². The first kappa shape index (κ1) is 7.95. The minimum atomic E-state index is 0.651. The van der Waals surface area contributed by atoms with Crippen LogP contribution in [0.2, 0.25) is 0 Å². The first-order valence-corrected chi connectivity index (χ1v) is 2.73. The molecule has 0 heterocycles. The maximum absolute atomic E-state index is 3.91. The fourth-order valence-electron chi connectivity index (χ4n) is 0.253. The SMILES string of the molecule is C=C(C)/C=N\C(=C)NC. The Morgan fingerprint density at radius 3 is 2.44 bits per heavy atom. The van der Waals surface area contributed by atoms with Crippen LogP contribution in [0.5, 0.6) is 0 Å². The summed E-state index contributed by atoms with van der Waals surface area (Å²) in [6, 6.07) is 0. The van der Waals surface area contributed by atoms with Crippen molar-refractivity contribution in [3.8, 4) is 0 Å². The van der Waals surface area contributed by atoms with Crippen LogP contribution in [0.15, 0.2) is 29.5 Å². The molecule has 0 radical (unpaired) electrons. The summed E-state index contributed by atoms with van der Waals surface area (Å²) in [5.41, 5.74) is 0.923. The summed E-state index contributed by atoms with van der Waals surface area (Å²) in [5, 5.41) is 2.79. The highest BCUT2D eigenvalue weighted by Crippen LogP contribution is 1.85. The number of hydrogen-bond acceptors (Lipinski definition) is 2. The predicted molar refractivity (Wildman–Crippen MR) is 41.5 cm³/mol. The molecule has 0 saturated heterocycles. The zero-order valence-corrected chi connectivity index (χ0v) is 5.94. The van der Waals surface area contributed by atoms with Crippen LogP contribution in [-0.2, 0) is 0 Å². The van der Waals surface area contributed by atoms with E-state index in [1.807, 2.05) is 6.92 Å². The molecule has 0 aliphatic heterocycles. The molecular formula is C7H12N2. The Hall–Kier alpha value is -1.05. The molecule has 9 heavy (non-hydrogen) atoms. The van der Waals surface area contributed by atoms with Crippen molar-refractivity contribution >= 4 is 6.21 Å². The maximum atomic E-state index is 3.91. The first-order valence-electron chi connectivity index (χ1n) is 2.73. The van der Waals surface area contributed by atoms with Gasteiger partial charge in [-0.3, -0.25) is 0 Å². The minimum absolute atomic E-state index is 0.651. The summed E-state index contributed by atoms with van der Waals surface area (Å²) >= 11 is 0. The molecule has 0 rings (SSSR count). The highest BCUT2D eigenvalue weighted by atomic mass is 15.0. The summed E-state index contributed by atoms with van der Waals surface area (Å²) in [4.78, 5) is 3.91. The van der Waals surface area contributed by atoms with Crippen LogP contribution >= 0.6 is 0 Å². The largest absolute Gasteiger partial charge is 0.374 e. The molecule has 0 bridgehead atoms. The number of allylic oxidation sites excluding steroid dienone is 1. The van der Waals surface area contributed by atoms with E-state index in [9.17, 15) is 0 Å². The van der Waals surface area contributed by atoms with Gasteiger partial charge >= 0.3 is 0 Å². The molecule has 0 aromatic carbocycles. The third-order valence-electron chi connectivity index (χ3n) is 0.729. The van der Waals surface area contributed by atoms with Crippen molar-refractivity contribution in [2.75, 3.05) is 7.05 Å². The van der Waals surface area contributed by atoms with Gasteiger partial charge in [0.05, 0.1) is 0 Å². The van der Waals surface area contributed by atoms with Crippen molar-refractivity contribution < 1.29 is 0 Å². The van der Waals surface area contributed by atoms with E-state index < -0.39 is 0 Å². The standard InChI is InChI=1S/C7H12N2/c1-6(2)5-9-7(3)8-4/h5,8H,1,3H2,2,4H3/b9-5-. The second-order valence-corrected chi connectivity index (χ2v) is 1.80. The van der Waals surface area contributed by atoms with Crippen LogP contribution in [0.1, 0.15) is 6.92 Å². The molecule has 1 N–H and O–H groups in total. The highest BCUT2D eigenvalue weighted by Gasteiger charge is 1.78. The average molecular weight is 124 g/mol. The lowest BCUT2D eigenvalue weighted by Gasteiger charge is -1.93. The van der Waals surface area contributed by atoms with Gasteiger partial charge in [-0.15, -0.1) is 0 Å². The average Bonchev–Trinajstić information content (AvgIpc) is 1.83. The number of rotatable bonds is 3. The Kier molecular flexibility index (Phi) is 3.44. The molecule has 0 atom stereocenters. The molecule has 0 amide bonds. The van der Waals surface area contributed by atoms with E-state index in [0.29, 0.717) is 5.82 Å². The van der Waals surface area contributed by atoms with E-state index in [2.05, 4.69) is 23.5 Å². The quantitative estimate of drug-likeness (QED) is 0.564.